The summed E-state index contributed by atoms with van der Waals surface area (Å²) >= 11 is 0. The van der Waals surface area contributed by atoms with Crippen LogP contribution in [0.15, 0.2) is 24.3 Å². The van der Waals surface area contributed by atoms with E-state index in [0.29, 0.717) is 0 Å². The maximum absolute atomic E-state index is 11.6. The summed E-state index contributed by atoms with van der Waals surface area (Å²) in [6, 6.07) is 0. The summed E-state index contributed by atoms with van der Waals surface area (Å²) in [6.07, 6.45) is 10.8. The normalized spacial score (nSPS) is 23.1. The third kappa shape index (κ3) is 6.04. The molecule has 0 aromatic rings. The summed E-state index contributed by atoms with van der Waals surface area (Å²) in [5.74, 6) is -0.715. The third-order valence-corrected chi connectivity index (χ3v) is 3.16. The van der Waals surface area contributed by atoms with Gasteiger partial charge in [0.25, 0.3) is 0 Å². The monoisotopic (exact) mass is 280 g/mol. The molecule has 0 bridgehead atoms. The Morgan fingerprint density at radius 2 is 1.30 bits per heavy atom. The van der Waals surface area contributed by atoms with Crippen molar-refractivity contribution in [3.8, 4) is 0 Å². The minimum absolute atomic E-state index is 0.322. The molecule has 0 aromatic heterocycles. The standard InChI is InChI=1S/C16H24O4/c1-3-5-11-15(17)19-13-9-7-8-10-14(13)20-16(18)12-6-4-2/h5-6,11-14H,3-4,7-10H2,1-2H3/b11-5+,12-6+. The van der Waals surface area contributed by atoms with Crippen LogP contribution in [0.1, 0.15) is 52.4 Å². The first-order valence-corrected chi connectivity index (χ1v) is 7.41. The van der Waals surface area contributed by atoms with Crippen LogP contribution in [0.25, 0.3) is 0 Å². The summed E-state index contributed by atoms with van der Waals surface area (Å²) in [5, 5.41) is 0. The Morgan fingerprint density at radius 1 is 0.900 bits per heavy atom. The van der Waals surface area contributed by atoms with Crippen molar-refractivity contribution in [2.75, 3.05) is 0 Å². The van der Waals surface area contributed by atoms with Gasteiger partial charge in [-0.05, 0) is 38.5 Å². The van der Waals surface area contributed by atoms with Crippen molar-refractivity contribution in [3.05, 3.63) is 24.3 Å². The third-order valence-electron chi connectivity index (χ3n) is 3.16. The fourth-order valence-corrected chi connectivity index (χ4v) is 2.14. The van der Waals surface area contributed by atoms with Gasteiger partial charge in [-0.25, -0.2) is 9.59 Å². The predicted molar refractivity (Wildman–Crippen MR) is 77.1 cm³/mol. The molecule has 0 heterocycles. The average molecular weight is 280 g/mol. The van der Waals surface area contributed by atoms with E-state index in [-0.39, 0.29) is 24.1 Å². The molecule has 112 valence electrons. The minimum Gasteiger partial charge on any atom is -0.455 e. The second kappa shape index (κ2) is 9.34. The van der Waals surface area contributed by atoms with Crippen molar-refractivity contribution in [1.29, 1.82) is 0 Å². The number of hydrogen-bond donors (Lipinski definition) is 0. The molecule has 20 heavy (non-hydrogen) atoms. The quantitative estimate of drug-likeness (QED) is 0.553. The van der Waals surface area contributed by atoms with Crippen LogP contribution in [0.4, 0.5) is 0 Å². The van der Waals surface area contributed by atoms with Gasteiger partial charge >= 0.3 is 11.9 Å². The lowest BCUT2D eigenvalue weighted by Crippen LogP contribution is -2.37. The smallest absolute Gasteiger partial charge is 0.330 e. The number of hydrogen-bond acceptors (Lipinski definition) is 4. The molecule has 2 atom stereocenters. The van der Waals surface area contributed by atoms with E-state index in [0.717, 1.165) is 38.5 Å². The SMILES string of the molecule is CC/C=C/C(=O)OC1CCCCC1OC(=O)/C=C/CC. The van der Waals surface area contributed by atoms with Crippen LogP contribution in [-0.4, -0.2) is 24.1 Å². The molecule has 4 nitrogen and oxygen atoms in total. The topological polar surface area (TPSA) is 52.6 Å². The number of carbonyl (C=O) groups excluding carboxylic acids is 2. The molecule has 0 aromatic carbocycles. The van der Waals surface area contributed by atoms with Gasteiger partial charge in [-0.2, -0.15) is 0 Å². The van der Waals surface area contributed by atoms with E-state index in [2.05, 4.69) is 0 Å². The number of carbonyl (C=O) groups is 2. The number of esters is 2. The average Bonchev–Trinajstić information content (AvgIpc) is 2.45. The molecule has 1 aliphatic rings. The molecule has 1 aliphatic carbocycles. The molecular formula is C16H24O4. The molecule has 0 radical (unpaired) electrons. The molecule has 1 saturated carbocycles. The lowest BCUT2D eigenvalue weighted by molar-refractivity contribution is -0.165. The largest absolute Gasteiger partial charge is 0.455 e. The highest BCUT2D eigenvalue weighted by Crippen LogP contribution is 2.24. The Balaban J connectivity index is 2.53. The Bertz CT molecular complexity index is 335. The Labute approximate surface area is 120 Å². The van der Waals surface area contributed by atoms with E-state index >= 15 is 0 Å². The minimum atomic E-state index is -0.358. The number of rotatable bonds is 6. The van der Waals surface area contributed by atoms with Crippen LogP contribution >= 0.6 is 0 Å². The highest BCUT2D eigenvalue weighted by atomic mass is 16.6. The maximum atomic E-state index is 11.6. The molecule has 0 spiro atoms. The summed E-state index contributed by atoms with van der Waals surface area (Å²) in [4.78, 5) is 23.2. The van der Waals surface area contributed by atoms with E-state index in [1.54, 1.807) is 12.2 Å². The summed E-state index contributed by atoms with van der Waals surface area (Å²) in [5.41, 5.74) is 0. The van der Waals surface area contributed by atoms with E-state index in [9.17, 15) is 9.59 Å². The summed E-state index contributed by atoms with van der Waals surface area (Å²) in [6.45, 7) is 3.91. The zero-order valence-corrected chi connectivity index (χ0v) is 12.3. The van der Waals surface area contributed by atoms with Crippen LogP contribution in [0.5, 0.6) is 0 Å². The Kier molecular flexibility index (Phi) is 7.70. The molecule has 0 aliphatic heterocycles. The van der Waals surface area contributed by atoms with Gasteiger partial charge in [0, 0.05) is 12.2 Å². The first kappa shape index (κ1) is 16.5. The van der Waals surface area contributed by atoms with Crippen LogP contribution in [-0.2, 0) is 19.1 Å². The maximum Gasteiger partial charge on any atom is 0.330 e. The van der Waals surface area contributed by atoms with Crippen molar-refractivity contribution in [3.63, 3.8) is 0 Å². The molecule has 1 fully saturated rings. The molecule has 1 rings (SSSR count). The fourth-order valence-electron chi connectivity index (χ4n) is 2.14. The van der Waals surface area contributed by atoms with Crippen LogP contribution in [0.3, 0.4) is 0 Å². The van der Waals surface area contributed by atoms with E-state index < -0.39 is 0 Å². The van der Waals surface area contributed by atoms with Crippen LogP contribution < -0.4 is 0 Å². The summed E-state index contributed by atoms with van der Waals surface area (Å²) < 4.78 is 10.8. The molecular weight excluding hydrogens is 256 g/mol. The molecule has 0 N–H and O–H groups in total. The number of allylic oxidation sites excluding steroid dienone is 2. The lowest BCUT2D eigenvalue weighted by atomic mass is 9.94. The van der Waals surface area contributed by atoms with Gasteiger partial charge in [-0.15, -0.1) is 0 Å². The van der Waals surface area contributed by atoms with Gasteiger partial charge in [0.05, 0.1) is 0 Å². The van der Waals surface area contributed by atoms with Gasteiger partial charge in [0.2, 0.25) is 0 Å². The second-order valence-electron chi connectivity index (χ2n) is 4.86. The van der Waals surface area contributed by atoms with Crippen molar-refractivity contribution < 1.29 is 19.1 Å². The van der Waals surface area contributed by atoms with Crippen molar-refractivity contribution in [1.82, 2.24) is 0 Å². The predicted octanol–water partition coefficient (Wildman–Crippen LogP) is 3.32. The molecule has 0 amide bonds. The van der Waals surface area contributed by atoms with E-state index in [1.807, 2.05) is 13.8 Å². The van der Waals surface area contributed by atoms with Gasteiger partial charge < -0.3 is 9.47 Å². The first-order chi connectivity index (χ1) is 9.67. The Hall–Kier alpha value is -1.58. The Morgan fingerprint density at radius 3 is 1.65 bits per heavy atom. The zero-order valence-electron chi connectivity index (χ0n) is 12.3. The number of ether oxygens (including phenoxy) is 2. The van der Waals surface area contributed by atoms with Crippen molar-refractivity contribution >= 4 is 11.9 Å². The van der Waals surface area contributed by atoms with Gasteiger partial charge in [0.15, 0.2) is 0 Å². The second-order valence-corrected chi connectivity index (χ2v) is 4.86. The van der Waals surface area contributed by atoms with Gasteiger partial charge in [-0.1, -0.05) is 26.0 Å². The van der Waals surface area contributed by atoms with E-state index in [4.69, 9.17) is 9.47 Å². The highest BCUT2D eigenvalue weighted by Gasteiger charge is 2.30. The molecule has 4 heteroatoms. The summed E-state index contributed by atoms with van der Waals surface area (Å²) in [7, 11) is 0. The van der Waals surface area contributed by atoms with Crippen molar-refractivity contribution in [2.45, 2.75) is 64.6 Å². The van der Waals surface area contributed by atoms with Crippen molar-refractivity contribution in [2.24, 2.45) is 0 Å². The van der Waals surface area contributed by atoms with Gasteiger partial charge in [0.1, 0.15) is 12.2 Å². The van der Waals surface area contributed by atoms with Crippen LogP contribution in [0, 0.1) is 0 Å². The fraction of sp³-hybridized carbons (Fsp3) is 0.625. The van der Waals surface area contributed by atoms with E-state index in [1.165, 1.54) is 12.2 Å². The highest BCUT2D eigenvalue weighted by molar-refractivity contribution is 5.83. The first-order valence-electron chi connectivity index (χ1n) is 7.41. The lowest BCUT2D eigenvalue weighted by Gasteiger charge is -2.30. The van der Waals surface area contributed by atoms with Gasteiger partial charge in [-0.3, -0.25) is 0 Å². The van der Waals surface area contributed by atoms with Crippen LogP contribution in [0.2, 0.25) is 0 Å². The zero-order chi connectivity index (χ0) is 14.8. The molecule has 2 unspecified atom stereocenters. The molecule has 0 saturated heterocycles.